The van der Waals surface area contributed by atoms with Gasteiger partial charge in [0.1, 0.15) is 17.0 Å². The second-order valence-corrected chi connectivity index (χ2v) is 11.6. The zero-order valence-corrected chi connectivity index (χ0v) is 24.9. The third-order valence-corrected chi connectivity index (χ3v) is 8.69. The molecule has 13 heteroatoms. The minimum Gasteiger partial charge on any atom is -0.376 e. The fourth-order valence-electron chi connectivity index (χ4n) is 6.68. The summed E-state index contributed by atoms with van der Waals surface area (Å²) in [6.07, 6.45) is -3.09. The van der Waals surface area contributed by atoms with E-state index in [-0.39, 0.29) is 30.9 Å². The number of nitrogens with one attached hydrogen (secondary N) is 1. The predicted molar refractivity (Wildman–Crippen MR) is 153 cm³/mol. The Hall–Kier alpha value is -3.06. The van der Waals surface area contributed by atoms with Crippen LogP contribution >= 0.6 is 0 Å². The van der Waals surface area contributed by atoms with Crippen molar-refractivity contribution in [3.63, 3.8) is 0 Å². The van der Waals surface area contributed by atoms with Crippen LogP contribution in [0, 0.1) is 12.8 Å². The van der Waals surface area contributed by atoms with Gasteiger partial charge < -0.3 is 14.2 Å². The maximum absolute atomic E-state index is 13.9. The van der Waals surface area contributed by atoms with Crippen molar-refractivity contribution in [3.05, 3.63) is 51.7 Å². The summed E-state index contributed by atoms with van der Waals surface area (Å²) < 4.78 is 75.1. The van der Waals surface area contributed by atoms with E-state index in [9.17, 15) is 26.7 Å². The highest BCUT2D eigenvalue weighted by Gasteiger charge is 2.51. The second-order valence-electron chi connectivity index (χ2n) is 11.6. The average Bonchev–Trinajstić information content (AvgIpc) is 3.57. The van der Waals surface area contributed by atoms with Gasteiger partial charge in [0.05, 0.1) is 18.2 Å². The van der Waals surface area contributed by atoms with Crippen LogP contribution in [0.4, 0.5) is 27.8 Å². The molecule has 2 aromatic heterocycles. The van der Waals surface area contributed by atoms with Gasteiger partial charge in [-0.15, -0.1) is 0 Å². The average molecular weight is 611 g/mol. The molecule has 4 heterocycles. The maximum Gasteiger partial charge on any atom is 0.416 e. The van der Waals surface area contributed by atoms with Crippen LogP contribution in [0.5, 0.6) is 0 Å². The number of aromatic nitrogens is 4. The zero-order valence-electron chi connectivity index (χ0n) is 24.9. The van der Waals surface area contributed by atoms with Crippen LogP contribution < -0.4 is 10.6 Å². The van der Waals surface area contributed by atoms with E-state index in [2.05, 4.69) is 14.9 Å². The first-order valence-corrected chi connectivity index (χ1v) is 15.0. The van der Waals surface area contributed by atoms with Crippen molar-refractivity contribution in [1.82, 2.24) is 24.4 Å². The Kier molecular flexibility index (Phi) is 8.86. The van der Waals surface area contributed by atoms with E-state index in [1.54, 1.807) is 0 Å². The number of fused-ring (bicyclic) bond motifs is 1. The van der Waals surface area contributed by atoms with Crippen molar-refractivity contribution >= 4 is 17.0 Å². The van der Waals surface area contributed by atoms with Gasteiger partial charge in [-0.3, -0.25) is 9.88 Å². The lowest BCUT2D eigenvalue weighted by Gasteiger charge is -2.49. The Balaban J connectivity index is 0.00000180. The van der Waals surface area contributed by atoms with E-state index >= 15 is 0 Å². The molecular weight excluding hydrogens is 571 g/mol. The summed E-state index contributed by atoms with van der Waals surface area (Å²) in [7, 11) is 0. The van der Waals surface area contributed by atoms with Gasteiger partial charge in [0.2, 0.25) is 5.92 Å². The van der Waals surface area contributed by atoms with Crippen molar-refractivity contribution in [2.45, 2.75) is 90.2 Å². The lowest BCUT2D eigenvalue weighted by molar-refractivity contribution is -0.137. The zero-order chi connectivity index (χ0) is 31.1. The molecule has 3 unspecified atom stereocenters. The van der Waals surface area contributed by atoms with Crippen LogP contribution in [0.3, 0.4) is 0 Å². The summed E-state index contributed by atoms with van der Waals surface area (Å²) in [5.74, 6) is -1.93. The fourth-order valence-corrected chi connectivity index (χ4v) is 6.68. The molecule has 0 spiro atoms. The van der Waals surface area contributed by atoms with Gasteiger partial charge in [0, 0.05) is 51.2 Å². The third-order valence-electron chi connectivity index (χ3n) is 8.69. The van der Waals surface area contributed by atoms with Crippen LogP contribution in [0.15, 0.2) is 29.1 Å². The van der Waals surface area contributed by atoms with Gasteiger partial charge in [0.15, 0.2) is 5.82 Å². The smallest absolute Gasteiger partial charge is 0.376 e. The van der Waals surface area contributed by atoms with Crippen molar-refractivity contribution in [3.8, 4) is 0 Å². The van der Waals surface area contributed by atoms with Crippen LogP contribution in [0.1, 0.15) is 69.4 Å². The number of piperazine rings is 1. The normalized spacial score (nSPS) is 23.6. The van der Waals surface area contributed by atoms with Crippen LogP contribution in [0.2, 0.25) is 0 Å². The largest absolute Gasteiger partial charge is 0.416 e. The summed E-state index contributed by atoms with van der Waals surface area (Å²) >= 11 is 0. The maximum atomic E-state index is 13.9. The Morgan fingerprint density at radius 1 is 1.12 bits per heavy atom. The highest BCUT2D eigenvalue weighted by atomic mass is 19.4. The number of nitrogens with zero attached hydrogens (tertiary/aromatic N) is 5. The molecule has 3 atom stereocenters. The van der Waals surface area contributed by atoms with Crippen molar-refractivity contribution < 1.29 is 26.7 Å². The number of H-pyrrole nitrogens is 1. The number of halogens is 5. The van der Waals surface area contributed by atoms with Gasteiger partial charge in [0.25, 0.3) is 0 Å². The molecule has 2 aliphatic heterocycles. The van der Waals surface area contributed by atoms with E-state index in [0.29, 0.717) is 55.3 Å². The number of ether oxygens (including phenoxy) is 1. The van der Waals surface area contributed by atoms with Crippen LogP contribution in [-0.2, 0) is 17.5 Å². The molecule has 8 nitrogen and oxygen atoms in total. The number of aryl methyl sites for hydroxylation is 1. The Morgan fingerprint density at radius 3 is 2.40 bits per heavy atom. The quantitative estimate of drug-likeness (QED) is 0.348. The van der Waals surface area contributed by atoms with E-state index in [4.69, 9.17) is 9.72 Å². The monoisotopic (exact) mass is 610 g/mol. The molecule has 43 heavy (non-hydrogen) atoms. The SMILES string of the molecule is CC.Cc1nc2c(N3CCN(C(c4ccc(C(F)(F)F)cc4)C4CC(F)(F)C4)CC3C)nc(=O)[nH]c2n1CC1CCCO1. The minimum atomic E-state index is -4.47. The van der Waals surface area contributed by atoms with E-state index < -0.39 is 29.4 Å². The van der Waals surface area contributed by atoms with Crippen molar-refractivity contribution in [2.75, 3.05) is 31.1 Å². The number of anilines is 1. The van der Waals surface area contributed by atoms with Gasteiger partial charge in [-0.25, -0.2) is 18.6 Å². The fraction of sp³-hybridized carbons (Fsp3) is 0.633. The molecule has 0 radical (unpaired) electrons. The first-order chi connectivity index (χ1) is 20.4. The first-order valence-electron chi connectivity index (χ1n) is 15.0. The molecule has 236 valence electrons. The standard InChI is InChI=1S/C28H33F5N6O2.C2H6/c1-16-14-37(23(19-12-27(29,30)13-19)18-5-7-20(8-6-18)28(31,32)33)9-10-38(16)24-22-25(36-26(40)35-24)39(17(2)34-22)15-21-4-3-11-41-21;1-2/h5-8,16,19,21,23H,3-4,9-15H2,1-2H3,(H,35,36,40);1-2H3. The molecule has 1 aliphatic carbocycles. The Morgan fingerprint density at radius 2 is 1.81 bits per heavy atom. The first kappa shape index (κ1) is 31.4. The number of aromatic amines is 1. The van der Waals surface area contributed by atoms with E-state index in [0.717, 1.165) is 30.8 Å². The molecule has 6 rings (SSSR count). The Labute approximate surface area is 247 Å². The van der Waals surface area contributed by atoms with Crippen molar-refractivity contribution in [2.24, 2.45) is 5.92 Å². The molecule has 3 aromatic rings. The number of rotatable bonds is 6. The number of alkyl halides is 5. The molecule has 1 aromatic carbocycles. The number of hydrogen-bond acceptors (Lipinski definition) is 6. The number of benzene rings is 1. The second kappa shape index (κ2) is 12.1. The summed E-state index contributed by atoms with van der Waals surface area (Å²) in [6.45, 7) is 10.5. The summed E-state index contributed by atoms with van der Waals surface area (Å²) in [6, 6.07) is 4.25. The van der Waals surface area contributed by atoms with Gasteiger partial charge in [-0.2, -0.15) is 18.2 Å². The predicted octanol–water partition coefficient (Wildman–Crippen LogP) is 5.95. The molecule has 3 aliphatic rings. The lowest BCUT2D eigenvalue weighted by Crippen LogP contribution is -2.56. The van der Waals surface area contributed by atoms with E-state index in [1.165, 1.54) is 12.1 Å². The molecule has 1 N–H and O–H groups in total. The molecule has 1 saturated carbocycles. The van der Waals surface area contributed by atoms with Crippen molar-refractivity contribution in [1.29, 1.82) is 0 Å². The highest BCUT2D eigenvalue weighted by molar-refractivity contribution is 5.84. The Bertz CT molecular complexity index is 1460. The van der Waals surface area contributed by atoms with Gasteiger partial charge in [-0.05, 0) is 50.3 Å². The van der Waals surface area contributed by atoms with Gasteiger partial charge >= 0.3 is 11.9 Å². The molecular formula is C30H39F5N6O2. The third kappa shape index (κ3) is 6.43. The number of hydrogen-bond donors (Lipinski definition) is 1. The van der Waals surface area contributed by atoms with E-state index in [1.807, 2.05) is 37.2 Å². The van der Waals surface area contributed by atoms with Gasteiger partial charge in [-0.1, -0.05) is 26.0 Å². The summed E-state index contributed by atoms with van der Waals surface area (Å²) in [5, 5.41) is 0. The summed E-state index contributed by atoms with van der Waals surface area (Å²) in [4.78, 5) is 28.6. The number of imidazole rings is 1. The topological polar surface area (TPSA) is 79.3 Å². The molecule has 0 amide bonds. The summed E-state index contributed by atoms with van der Waals surface area (Å²) in [5.41, 5.74) is 0.505. The molecule has 2 saturated heterocycles. The molecule has 0 bridgehead atoms. The highest BCUT2D eigenvalue weighted by Crippen LogP contribution is 2.51. The minimum absolute atomic E-state index is 0.0506. The lowest BCUT2D eigenvalue weighted by atomic mass is 9.73. The molecule has 3 fully saturated rings. The van der Waals surface area contributed by atoms with Crippen LogP contribution in [-0.4, -0.2) is 68.7 Å². The van der Waals surface area contributed by atoms with Crippen LogP contribution in [0.25, 0.3) is 11.2 Å².